The minimum Gasteiger partial charge on any atom is -0.347 e. The lowest BCUT2D eigenvalue weighted by atomic mass is 9.79. The van der Waals surface area contributed by atoms with Gasteiger partial charge < -0.3 is 5.32 Å². The van der Waals surface area contributed by atoms with Crippen molar-refractivity contribution in [3.63, 3.8) is 0 Å². The fraction of sp³-hybridized carbons (Fsp3) is 0.522. The summed E-state index contributed by atoms with van der Waals surface area (Å²) in [6.07, 6.45) is 1.33. The minimum atomic E-state index is -4.50. The molecule has 1 aromatic carbocycles. The van der Waals surface area contributed by atoms with E-state index in [1.54, 1.807) is 6.92 Å². The van der Waals surface area contributed by atoms with Gasteiger partial charge in [0, 0.05) is 17.8 Å². The van der Waals surface area contributed by atoms with Crippen molar-refractivity contribution in [1.29, 1.82) is 0 Å². The van der Waals surface area contributed by atoms with Crippen LogP contribution in [0.3, 0.4) is 0 Å². The molecule has 3 aliphatic carbocycles. The second-order valence-corrected chi connectivity index (χ2v) is 9.19. The lowest BCUT2D eigenvalue weighted by Gasteiger charge is -2.32. The van der Waals surface area contributed by atoms with Crippen molar-refractivity contribution >= 4 is 5.91 Å². The average molecular weight is 431 g/mol. The lowest BCUT2D eigenvalue weighted by molar-refractivity contribution is -0.137. The van der Waals surface area contributed by atoms with Crippen LogP contribution in [0, 0.1) is 30.6 Å². The number of carbonyl (C=O) groups is 1. The molecule has 3 saturated carbocycles. The summed E-state index contributed by atoms with van der Waals surface area (Å²) in [5.74, 6) is 2.01. The number of alkyl halides is 3. The van der Waals surface area contributed by atoms with Gasteiger partial charge in [-0.2, -0.15) is 18.3 Å². The van der Waals surface area contributed by atoms with Crippen molar-refractivity contribution in [2.24, 2.45) is 23.7 Å². The molecule has 1 heterocycles. The first-order chi connectivity index (χ1) is 14.7. The number of halogens is 3. The zero-order chi connectivity index (χ0) is 21.9. The number of aryl methyl sites for hydroxylation is 1. The Labute approximate surface area is 177 Å². The number of aromatic nitrogens is 2. The molecule has 1 N–H and O–H groups in total. The predicted molar refractivity (Wildman–Crippen MR) is 108 cm³/mol. The number of nitrogens with one attached hydrogen (secondary N) is 1. The third kappa shape index (κ3) is 3.46. The van der Waals surface area contributed by atoms with Crippen LogP contribution in [0.15, 0.2) is 35.1 Å². The highest BCUT2D eigenvalue weighted by Gasteiger charge is 2.54. The molecule has 1 aromatic heterocycles. The van der Waals surface area contributed by atoms with Crippen LogP contribution in [0.1, 0.15) is 53.8 Å². The fourth-order valence-corrected chi connectivity index (χ4v) is 6.25. The van der Waals surface area contributed by atoms with E-state index < -0.39 is 23.1 Å². The lowest BCUT2D eigenvalue weighted by Crippen LogP contribution is -2.44. The Morgan fingerprint density at radius 1 is 1.13 bits per heavy atom. The fourth-order valence-electron chi connectivity index (χ4n) is 6.25. The van der Waals surface area contributed by atoms with E-state index in [-0.39, 0.29) is 17.4 Å². The standard InChI is InChI=1S/C23H24F3N3O2/c1-12-8-20(30)21(28-29(12)15-5-2-4-14(11-15)23(24,25)26)22(31)27-19-10-13-9-18(19)17-7-3-6-16(13)17/h2,4-5,8,11,13,16-19H,3,6-7,9-10H2,1H3,(H,27,31). The highest BCUT2D eigenvalue weighted by molar-refractivity contribution is 5.92. The van der Waals surface area contributed by atoms with Crippen LogP contribution in [0.25, 0.3) is 5.69 Å². The number of carbonyl (C=O) groups excluding carboxylic acids is 1. The molecule has 3 fully saturated rings. The van der Waals surface area contributed by atoms with Gasteiger partial charge in [-0.15, -0.1) is 0 Å². The van der Waals surface area contributed by atoms with Gasteiger partial charge in [0.05, 0.1) is 11.3 Å². The Kier molecular flexibility index (Phi) is 4.71. The van der Waals surface area contributed by atoms with Gasteiger partial charge in [0.15, 0.2) is 5.69 Å². The molecule has 8 heteroatoms. The molecule has 5 unspecified atom stereocenters. The predicted octanol–water partition coefficient (Wildman–Crippen LogP) is 4.11. The Bertz CT molecular complexity index is 1090. The Morgan fingerprint density at radius 3 is 2.68 bits per heavy atom. The number of hydrogen-bond acceptors (Lipinski definition) is 3. The van der Waals surface area contributed by atoms with Gasteiger partial charge in [0.25, 0.3) is 5.91 Å². The molecule has 2 bridgehead atoms. The zero-order valence-electron chi connectivity index (χ0n) is 17.2. The summed E-state index contributed by atoms with van der Waals surface area (Å²) in [7, 11) is 0. The highest BCUT2D eigenvalue weighted by Crippen LogP contribution is 2.58. The summed E-state index contributed by atoms with van der Waals surface area (Å²) in [5.41, 5.74) is -1.12. The topological polar surface area (TPSA) is 64.0 Å². The Hall–Kier alpha value is -2.64. The monoisotopic (exact) mass is 431 g/mol. The molecule has 2 aromatic rings. The van der Waals surface area contributed by atoms with E-state index in [2.05, 4.69) is 10.4 Å². The molecule has 0 radical (unpaired) electrons. The smallest absolute Gasteiger partial charge is 0.347 e. The second-order valence-electron chi connectivity index (χ2n) is 9.19. The van der Waals surface area contributed by atoms with Crippen molar-refractivity contribution < 1.29 is 18.0 Å². The maximum Gasteiger partial charge on any atom is 0.416 e. The number of rotatable bonds is 3. The van der Waals surface area contributed by atoms with Crippen LogP contribution in [-0.2, 0) is 6.18 Å². The molecule has 5 rings (SSSR count). The van der Waals surface area contributed by atoms with Gasteiger partial charge >= 0.3 is 6.18 Å². The number of amides is 1. The first-order valence-electron chi connectivity index (χ1n) is 10.8. The van der Waals surface area contributed by atoms with Crippen LogP contribution < -0.4 is 10.7 Å². The SMILES string of the molecule is Cc1cc(=O)c(C(=O)NC2CC3CC2C2CCCC32)nn1-c1cccc(C(F)(F)F)c1. The molecule has 31 heavy (non-hydrogen) atoms. The zero-order valence-corrected chi connectivity index (χ0v) is 17.2. The Balaban J connectivity index is 1.42. The maximum absolute atomic E-state index is 13.1. The van der Waals surface area contributed by atoms with Gasteiger partial charge in [-0.25, -0.2) is 4.68 Å². The molecule has 164 valence electrons. The average Bonchev–Trinajstić information content (AvgIpc) is 3.41. The van der Waals surface area contributed by atoms with Crippen molar-refractivity contribution in [3.05, 3.63) is 57.5 Å². The maximum atomic E-state index is 13.1. The molecule has 1 amide bonds. The van der Waals surface area contributed by atoms with Crippen LogP contribution in [0.2, 0.25) is 0 Å². The van der Waals surface area contributed by atoms with Crippen LogP contribution in [0.4, 0.5) is 13.2 Å². The summed E-state index contributed by atoms with van der Waals surface area (Å²) < 4.78 is 40.5. The largest absolute Gasteiger partial charge is 0.416 e. The summed E-state index contributed by atoms with van der Waals surface area (Å²) >= 11 is 0. The summed E-state index contributed by atoms with van der Waals surface area (Å²) in [6.45, 7) is 1.58. The van der Waals surface area contributed by atoms with Crippen molar-refractivity contribution in [3.8, 4) is 5.69 Å². The molecule has 5 atom stereocenters. The van der Waals surface area contributed by atoms with E-state index in [9.17, 15) is 22.8 Å². The van der Waals surface area contributed by atoms with Crippen LogP contribution in [0.5, 0.6) is 0 Å². The molecule has 0 aliphatic heterocycles. The number of hydrogen-bond donors (Lipinski definition) is 1. The van der Waals surface area contributed by atoms with E-state index in [0.717, 1.165) is 30.9 Å². The quantitative estimate of drug-likeness (QED) is 0.796. The third-order valence-corrected chi connectivity index (χ3v) is 7.49. The van der Waals surface area contributed by atoms with Gasteiger partial charge in [0.2, 0.25) is 5.43 Å². The van der Waals surface area contributed by atoms with Crippen LogP contribution >= 0.6 is 0 Å². The van der Waals surface area contributed by atoms with E-state index in [1.165, 1.54) is 42.1 Å². The van der Waals surface area contributed by atoms with E-state index in [1.807, 2.05) is 0 Å². The van der Waals surface area contributed by atoms with Gasteiger partial charge in [-0.05, 0) is 74.5 Å². The molecule has 0 spiro atoms. The molecule has 5 nitrogen and oxygen atoms in total. The number of benzene rings is 1. The summed E-state index contributed by atoms with van der Waals surface area (Å²) in [6, 6.07) is 5.97. The number of nitrogens with zero attached hydrogens (tertiary/aromatic N) is 2. The van der Waals surface area contributed by atoms with E-state index in [0.29, 0.717) is 23.4 Å². The third-order valence-electron chi connectivity index (χ3n) is 7.49. The molecular formula is C23H24F3N3O2. The summed E-state index contributed by atoms with van der Waals surface area (Å²) in [4.78, 5) is 25.4. The Morgan fingerprint density at radius 2 is 1.90 bits per heavy atom. The van der Waals surface area contributed by atoms with Gasteiger partial charge in [0.1, 0.15) is 0 Å². The van der Waals surface area contributed by atoms with E-state index >= 15 is 0 Å². The molecular weight excluding hydrogens is 407 g/mol. The van der Waals surface area contributed by atoms with Crippen molar-refractivity contribution in [2.45, 2.75) is 51.2 Å². The van der Waals surface area contributed by atoms with Gasteiger partial charge in [-0.1, -0.05) is 12.5 Å². The molecule has 3 aliphatic rings. The van der Waals surface area contributed by atoms with Crippen LogP contribution in [-0.4, -0.2) is 21.7 Å². The van der Waals surface area contributed by atoms with Crippen molar-refractivity contribution in [2.75, 3.05) is 0 Å². The van der Waals surface area contributed by atoms with E-state index in [4.69, 9.17) is 0 Å². The first-order valence-corrected chi connectivity index (χ1v) is 10.8. The number of fused-ring (bicyclic) bond motifs is 5. The minimum absolute atomic E-state index is 0.0429. The normalized spacial score (nSPS) is 29.2. The first kappa shape index (κ1) is 20.3. The highest BCUT2D eigenvalue weighted by atomic mass is 19.4. The molecule has 0 saturated heterocycles. The van der Waals surface area contributed by atoms with Crippen molar-refractivity contribution in [1.82, 2.24) is 15.1 Å². The summed E-state index contributed by atoms with van der Waals surface area (Å²) in [5, 5.41) is 7.18. The van der Waals surface area contributed by atoms with Gasteiger partial charge in [-0.3, -0.25) is 9.59 Å². The second kappa shape index (κ2) is 7.21.